The summed E-state index contributed by atoms with van der Waals surface area (Å²) in [5, 5.41) is 3.61. The average Bonchev–Trinajstić information content (AvgIpc) is 2.43. The van der Waals surface area contributed by atoms with Gasteiger partial charge in [0.25, 0.3) is 0 Å². The van der Waals surface area contributed by atoms with E-state index in [4.69, 9.17) is 4.74 Å². The van der Waals surface area contributed by atoms with Crippen molar-refractivity contribution in [2.24, 2.45) is 11.8 Å². The summed E-state index contributed by atoms with van der Waals surface area (Å²) < 4.78 is 5.17. The Hall–Kier alpha value is -1.28. The number of hydrogen-bond donors (Lipinski definition) is 1. The average molecular weight is 273 g/mol. The summed E-state index contributed by atoms with van der Waals surface area (Å²) in [5.41, 5.74) is 2.93. The Kier molecular flexibility index (Phi) is 5.66. The summed E-state index contributed by atoms with van der Waals surface area (Å²) in [5.74, 6) is 2.49. The SMILES string of the molecule is COc1ccc(CCNCC2CC(C)=CC(C)C2)cc1. The molecule has 0 spiro atoms. The summed E-state index contributed by atoms with van der Waals surface area (Å²) >= 11 is 0. The molecule has 0 heterocycles. The van der Waals surface area contributed by atoms with Crippen LogP contribution in [0.25, 0.3) is 0 Å². The molecule has 0 amide bonds. The molecule has 1 aromatic carbocycles. The first-order valence-electron chi connectivity index (χ1n) is 7.68. The molecule has 0 bridgehead atoms. The summed E-state index contributed by atoms with van der Waals surface area (Å²) in [4.78, 5) is 0. The minimum Gasteiger partial charge on any atom is -0.497 e. The number of ether oxygens (including phenoxy) is 1. The zero-order valence-corrected chi connectivity index (χ0v) is 13.0. The molecule has 1 aromatic rings. The summed E-state index contributed by atoms with van der Waals surface area (Å²) in [6.45, 7) is 6.79. The molecule has 0 fully saturated rings. The van der Waals surface area contributed by atoms with Crippen LogP contribution in [-0.4, -0.2) is 20.2 Å². The molecule has 110 valence electrons. The second-order valence-electron chi connectivity index (χ2n) is 6.10. The highest BCUT2D eigenvalue weighted by Crippen LogP contribution is 2.27. The fourth-order valence-corrected chi connectivity index (χ4v) is 3.17. The highest BCUT2D eigenvalue weighted by atomic mass is 16.5. The Morgan fingerprint density at radius 3 is 2.65 bits per heavy atom. The molecule has 2 atom stereocenters. The molecule has 0 aromatic heterocycles. The first kappa shape index (κ1) is 15.1. The molecular formula is C18H27NO. The van der Waals surface area contributed by atoms with E-state index in [1.165, 1.54) is 18.4 Å². The van der Waals surface area contributed by atoms with Gasteiger partial charge in [0.05, 0.1) is 7.11 Å². The number of benzene rings is 1. The maximum atomic E-state index is 5.17. The van der Waals surface area contributed by atoms with Crippen molar-refractivity contribution < 1.29 is 4.74 Å². The van der Waals surface area contributed by atoms with Crippen molar-refractivity contribution in [2.75, 3.05) is 20.2 Å². The molecule has 1 aliphatic carbocycles. The van der Waals surface area contributed by atoms with Gasteiger partial charge in [-0.15, -0.1) is 0 Å². The lowest BCUT2D eigenvalue weighted by Crippen LogP contribution is -2.27. The van der Waals surface area contributed by atoms with Crippen molar-refractivity contribution in [1.29, 1.82) is 0 Å². The molecule has 2 unspecified atom stereocenters. The minimum atomic E-state index is 0.747. The summed E-state index contributed by atoms with van der Waals surface area (Å²) in [7, 11) is 1.71. The van der Waals surface area contributed by atoms with Gasteiger partial charge < -0.3 is 10.1 Å². The normalized spacial score (nSPS) is 22.4. The molecule has 2 nitrogen and oxygen atoms in total. The molecule has 0 saturated heterocycles. The van der Waals surface area contributed by atoms with Crippen LogP contribution in [0.2, 0.25) is 0 Å². The van der Waals surface area contributed by atoms with E-state index in [2.05, 4.69) is 37.4 Å². The van der Waals surface area contributed by atoms with E-state index in [0.29, 0.717) is 0 Å². The van der Waals surface area contributed by atoms with Crippen LogP contribution in [0, 0.1) is 11.8 Å². The molecule has 1 N–H and O–H groups in total. The number of hydrogen-bond acceptors (Lipinski definition) is 2. The van der Waals surface area contributed by atoms with Crippen LogP contribution in [0.4, 0.5) is 0 Å². The van der Waals surface area contributed by atoms with E-state index in [-0.39, 0.29) is 0 Å². The standard InChI is InChI=1S/C18H27NO/c1-14-10-15(2)12-17(11-14)13-19-9-8-16-4-6-18(20-3)7-5-16/h4-7,10,14,17,19H,8-9,11-13H2,1-3H3. The molecule has 2 rings (SSSR count). The van der Waals surface area contributed by atoms with Gasteiger partial charge in [-0.2, -0.15) is 0 Å². The van der Waals surface area contributed by atoms with Crippen LogP contribution in [-0.2, 0) is 6.42 Å². The third-order valence-electron chi connectivity index (χ3n) is 4.07. The number of rotatable bonds is 6. The van der Waals surface area contributed by atoms with Crippen molar-refractivity contribution >= 4 is 0 Å². The highest BCUT2D eigenvalue weighted by molar-refractivity contribution is 5.27. The first-order chi connectivity index (χ1) is 9.67. The topological polar surface area (TPSA) is 21.3 Å². The Morgan fingerprint density at radius 1 is 1.25 bits per heavy atom. The van der Waals surface area contributed by atoms with Gasteiger partial charge in [-0.3, -0.25) is 0 Å². The number of methoxy groups -OCH3 is 1. The van der Waals surface area contributed by atoms with Crippen LogP contribution in [0.1, 0.15) is 32.3 Å². The smallest absolute Gasteiger partial charge is 0.118 e. The predicted molar refractivity (Wildman–Crippen MR) is 85.2 cm³/mol. The maximum Gasteiger partial charge on any atom is 0.118 e. The van der Waals surface area contributed by atoms with Gasteiger partial charge in [0, 0.05) is 0 Å². The Balaban J connectivity index is 1.67. The van der Waals surface area contributed by atoms with E-state index in [1.54, 1.807) is 12.7 Å². The highest BCUT2D eigenvalue weighted by Gasteiger charge is 2.17. The largest absolute Gasteiger partial charge is 0.497 e. The van der Waals surface area contributed by atoms with Gasteiger partial charge in [-0.25, -0.2) is 0 Å². The lowest BCUT2D eigenvalue weighted by atomic mass is 9.84. The third-order valence-corrected chi connectivity index (χ3v) is 4.07. The molecule has 1 aliphatic rings. The van der Waals surface area contributed by atoms with E-state index in [0.717, 1.165) is 37.1 Å². The fraction of sp³-hybridized carbons (Fsp3) is 0.556. The molecule has 20 heavy (non-hydrogen) atoms. The van der Waals surface area contributed by atoms with Crippen LogP contribution in [0.5, 0.6) is 5.75 Å². The van der Waals surface area contributed by atoms with Crippen molar-refractivity contribution in [1.82, 2.24) is 5.32 Å². The monoisotopic (exact) mass is 273 g/mol. The lowest BCUT2D eigenvalue weighted by molar-refractivity contribution is 0.383. The van der Waals surface area contributed by atoms with Gasteiger partial charge >= 0.3 is 0 Å². The Labute approximate surface area is 123 Å². The van der Waals surface area contributed by atoms with Crippen LogP contribution in [0.15, 0.2) is 35.9 Å². The maximum absolute atomic E-state index is 5.17. The quantitative estimate of drug-likeness (QED) is 0.628. The number of nitrogens with one attached hydrogen (secondary N) is 1. The van der Waals surface area contributed by atoms with Gasteiger partial charge in [0.15, 0.2) is 0 Å². The van der Waals surface area contributed by atoms with Gasteiger partial charge in [-0.1, -0.05) is 30.7 Å². The van der Waals surface area contributed by atoms with E-state index in [9.17, 15) is 0 Å². The third kappa shape index (κ3) is 4.68. The Morgan fingerprint density at radius 2 is 2.00 bits per heavy atom. The first-order valence-corrected chi connectivity index (χ1v) is 7.68. The second kappa shape index (κ2) is 7.49. The second-order valence-corrected chi connectivity index (χ2v) is 6.10. The van der Waals surface area contributed by atoms with Crippen LogP contribution in [0.3, 0.4) is 0 Å². The fourth-order valence-electron chi connectivity index (χ4n) is 3.17. The molecule has 0 aliphatic heterocycles. The van der Waals surface area contributed by atoms with E-state index >= 15 is 0 Å². The van der Waals surface area contributed by atoms with Crippen LogP contribution >= 0.6 is 0 Å². The van der Waals surface area contributed by atoms with E-state index < -0.39 is 0 Å². The molecule has 2 heteroatoms. The van der Waals surface area contributed by atoms with Crippen molar-refractivity contribution in [3.8, 4) is 5.75 Å². The molecule has 0 radical (unpaired) electrons. The van der Waals surface area contributed by atoms with Crippen molar-refractivity contribution in [2.45, 2.75) is 33.1 Å². The lowest BCUT2D eigenvalue weighted by Gasteiger charge is -2.25. The minimum absolute atomic E-state index is 0.747. The van der Waals surface area contributed by atoms with Crippen LogP contribution < -0.4 is 10.1 Å². The molecular weight excluding hydrogens is 246 g/mol. The number of allylic oxidation sites excluding steroid dienone is 2. The predicted octanol–water partition coefficient (Wildman–Crippen LogP) is 3.82. The molecule has 0 saturated carbocycles. The summed E-state index contributed by atoms with van der Waals surface area (Å²) in [6, 6.07) is 8.37. The van der Waals surface area contributed by atoms with E-state index in [1.807, 2.05) is 12.1 Å². The Bertz CT molecular complexity index is 435. The zero-order chi connectivity index (χ0) is 14.4. The van der Waals surface area contributed by atoms with Gasteiger partial charge in [0.1, 0.15) is 5.75 Å². The van der Waals surface area contributed by atoms with Gasteiger partial charge in [-0.05, 0) is 68.8 Å². The zero-order valence-electron chi connectivity index (χ0n) is 13.0. The van der Waals surface area contributed by atoms with Crippen molar-refractivity contribution in [3.05, 3.63) is 41.5 Å². The summed E-state index contributed by atoms with van der Waals surface area (Å²) in [6.07, 6.45) is 6.10. The van der Waals surface area contributed by atoms with Crippen molar-refractivity contribution in [3.63, 3.8) is 0 Å². The van der Waals surface area contributed by atoms with Gasteiger partial charge in [0.2, 0.25) is 0 Å².